The highest BCUT2D eigenvalue weighted by atomic mass is 79.9. The molecule has 3 nitrogen and oxygen atoms in total. The number of hydrogen-bond donors (Lipinski definition) is 0. The number of halogens is 1. The third-order valence-corrected chi connectivity index (χ3v) is 4.45. The van der Waals surface area contributed by atoms with Crippen molar-refractivity contribution < 1.29 is 0 Å². The van der Waals surface area contributed by atoms with Crippen molar-refractivity contribution >= 4 is 26.7 Å². The first-order valence-corrected chi connectivity index (χ1v) is 8.37. The van der Waals surface area contributed by atoms with E-state index in [1.54, 1.807) is 0 Å². The lowest BCUT2D eigenvalue weighted by molar-refractivity contribution is 0.826. The van der Waals surface area contributed by atoms with Crippen LogP contribution in [0, 0.1) is 0 Å². The van der Waals surface area contributed by atoms with Crippen LogP contribution in [0.25, 0.3) is 27.7 Å². The molecule has 1 heterocycles. The fourth-order valence-electron chi connectivity index (χ4n) is 2.76. The SMILES string of the molecule is O=c1c2ccccc2c(-c2ccccc2)nn1-c1ccc(Br)cc1. The van der Waals surface area contributed by atoms with E-state index in [1.165, 1.54) is 4.68 Å². The van der Waals surface area contributed by atoms with Gasteiger partial charge < -0.3 is 0 Å². The van der Waals surface area contributed by atoms with Crippen LogP contribution in [0.3, 0.4) is 0 Å². The number of fused-ring (bicyclic) bond motifs is 1. The quantitative estimate of drug-likeness (QED) is 0.502. The highest BCUT2D eigenvalue weighted by molar-refractivity contribution is 9.10. The van der Waals surface area contributed by atoms with Crippen LogP contribution in [0.15, 0.2) is 88.1 Å². The average molecular weight is 377 g/mol. The first-order valence-electron chi connectivity index (χ1n) is 7.57. The Morgan fingerprint density at radius 2 is 1.38 bits per heavy atom. The van der Waals surface area contributed by atoms with Crippen molar-refractivity contribution in [3.05, 3.63) is 93.7 Å². The molecule has 3 aromatic carbocycles. The lowest BCUT2D eigenvalue weighted by Gasteiger charge is -2.11. The highest BCUT2D eigenvalue weighted by Crippen LogP contribution is 2.25. The van der Waals surface area contributed by atoms with E-state index < -0.39 is 0 Å². The summed E-state index contributed by atoms with van der Waals surface area (Å²) in [5, 5.41) is 6.18. The molecule has 0 saturated carbocycles. The second kappa shape index (κ2) is 6.06. The molecule has 4 rings (SSSR count). The maximum Gasteiger partial charge on any atom is 0.279 e. The van der Waals surface area contributed by atoms with E-state index in [9.17, 15) is 4.79 Å². The zero-order valence-corrected chi connectivity index (χ0v) is 14.3. The zero-order valence-electron chi connectivity index (χ0n) is 12.7. The van der Waals surface area contributed by atoms with E-state index in [0.29, 0.717) is 5.39 Å². The molecular weight excluding hydrogens is 364 g/mol. The minimum atomic E-state index is -0.118. The lowest BCUT2D eigenvalue weighted by atomic mass is 10.1. The second-order valence-corrected chi connectivity index (χ2v) is 6.37. The van der Waals surface area contributed by atoms with Crippen LogP contribution in [0.4, 0.5) is 0 Å². The molecule has 0 spiro atoms. The summed E-state index contributed by atoms with van der Waals surface area (Å²) in [5.74, 6) is 0. The highest BCUT2D eigenvalue weighted by Gasteiger charge is 2.12. The monoisotopic (exact) mass is 376 g/mol. The van der Waals surface area contributed by atoms with Gasteiger partial charge in [-0.3, -0.25) is 4.79 Å². The summed E-state index contributed by atoms with van der Waals surface area (Å²) >= 11 is 3.42. The molecule has 4 aromatic rings. The summed E-state index contributed by atoms with van der Waals surface area (Å²) in [4.78, 5) is 12.9. The van der Waals surface area contributed by atoms with Crippen LogP contribution in [0.1, 0.15) is 0 Å². The van der Waals surface area contributed by atoms with Gasteiger partial charge in [-0.15, -0.1) is 0 Å². The molecule has 0 bridgehead atoms. The molecule has 116 valence electrons. The minimum Gasteiger partial charge on any atom is -0.267 e. The Hall–Kier alpha value is -2.72. The molecule has 4 heteroatoms. The molecule has 0 atom stereocenters. The molecule has 0 N–H and O–H groups in total. The third kappa shape index (κ3) is 2.55. The summed E-state index contributed by atoms with van der Waals surface area (Å²) in [6.07, 6.45) is 0. The van der Waals surface area contributed by atoms with Crippen molar-refractivity contribution in [3.63, 3.8) is 0 Å². The fraction of sp³-hybridized carbons (Fsp3) is 0. The van der Waals surface area contributed by atoms with E-state index in [-0.39, 0.29) is 5.56 Å². The van der Waals surface area contributed by atoms with Gasteiger partial charge in [-0.2, -0.15) is 9.78 Å². The van der Waals surface area contributed by atoms with Crippen LogP contribution >= 0.6 is 15.9 Å². The van der Waals surface area contributed by atoms with Gasteiger partial charge in [0.05, 0.1) is 16.8 Å². The van der Waals surface area contributed by atoms with Crippen LogP contribution < -0.4 is 5.56 Å². The Morgan fingerprint density at radius 3 is 2.08 bits per heavy atom. The Morgan fingerprint density at radius 1 is 0.750 bits per heavy atom. The predicted molar refractivity (Wildman–Crippen MR) is 100 cm³/mol. The van der Waals surface area contributed by atoms with Crippen molar-refractivity contribution in [3.8, 4) is 16.9 Å². The van der Waals surface area contributed by atoms with Gasteiger partial charge in [0.1, 0.15) is 0 Å². The van der Waals surface area contributed by atoms with E-state index in [1.807, 2.05) is 78.9 Å². The van der Waals surface area contributed by atoms with Crippen LogP contribution in [0.5, 0.6) is 0 Å². The maximum atomic E-state index is 12.9. The predicted octanol–water partition coefficient (Wildman–Crippen LogP) is 4.82. The van der Waals surface area contributed by atoms with Gasteiger partial charge in [0.15, 0.2) is 0 Å². The summed E-state index contributed by atoms with van der Waals surface area (Å²) in [7, 11) is 0. The largest absolute Gasteiger partial charge is 0.279 e. The van der Waals surface area contributed by atoms with Gasteiger partial charge in [-0.25, -0.2) is 0 Å². The van der Waals surface area contributed by atoms with Crippen molar-refractivity contribution in [1.82, 2.24) is 9.78 Å². The van der Waals surface area contributed by atoms with Crippen molar-refractivity contribution in [2.75, 3.05) is 0 Å². The third-order valence-electron chi connectivity index (χ3n) is 3.92. The summed E-state index contributed by atoms with van der Waals surface area (Å²) in [6.45, 7) is 0. The van der Waals surface area contributed by atoms with Gasteiger partial charge in [-0.05, 0) is 30.3 Å². The number of benzene rings is 3. The van der Waals surface area contributed by atoms with Crippen molar-refractivity contribution in [2.24, 2.45) is 0 Å². The van der Waals surface area contributed by atoms with Crippen molar-refractivity contribution in [1.29, 1.82) is 0 Å². The molecule has 0 radical (unpaired) electrons. The molecule has 0 aliphatic carbocycles. The molecule has 0 aliphatic rings. The Kier molecular flexibility index (Phi) is 3.75. The van der Waals surface area contributed by atoms with Crippen LogP contribution in [0.2, 0.25) is 0 Å². The number of aromatic nitrogens is 2. The minimum absolute atomic E-state index is 0.118. The zero-order chi connectivity index (χ0) is 16.5. The summed E-state index contributed by atoms with van der Waals surface area (Å²) in [6, 6.07) is 25.1. The van der Waals surface area contributed by atoms with Crippen molar-refractivity contribution in [2.45, 2.75) is 0 Å². The standard InChI is InChI=1S/C20H13BrN2O/c21-15-10-12-16(13-11-15)23-20(24)18-9-5-4-8-17(18)19(22-23)14-6-2-1-3-7-14/h1-13H. The van der Waals surface area contributed by atoms with Gasteiger partial charge in [0.2, 0.25) is 0 Å². The topological polar surface area (TPSA) is 34.9 Å². The van der Waals surface area contributed by atoms with Gasteiger partial charge >= 0.3 is 0 Å². The fourth-order valence-corrected chi connectivity index (χ4v) is 3.02. The smallest absolute Gasteiger partial charge is 0.267 e. The number of hydrogen-bond acceptors (Lipinski definition) is 2. The van der Waals surface area contributed by atoms with Crippen LogP contribution in [-0.2, 0) is 0 Å². The Balaban J connectivity index is 2.07. The van der Waals surface area contributed by atoms with Gasteiger partial charge in [-0.1, -0.05) is 64.5 Å². The summed E-state index contributed by atoms with van der Waals surface area (Å²) < 4.78 is 2.43. The first kappa shape index (κ1) is 14.8. The molecular formula is C20H13BrN2O. The number of nitrogens with zero attached hydrogens (tertiary/aromatic N) is 2. The molecule has 0 aliphatic heterocycles. The molecule has 0 unspecified atom stereocenters. The second-order valence-electron chi connectivity index (χ2n) is 5.45. The Bertz CT molecular complexity index is 1070. The van der Waals surface area contributed by atoms with Crippen LogP contribution in [-0.4, -0.2) is 9.78 Å². The van der Waals surface area contributed by atoms with E-state index >= 15 is 0 Å². The lowest BCUT2D eigenvalue weighted by Crippen LogP contribution is -2.22. The van der Waals surface area contributed by atoms with Gasteiger partial charge in [0.25, 0.3) is 5.56 Å². The number of rotatable bonds is 2. The average Bonchev–Trinajstić information content (AvgIpc) is 2.64. The molecule has 0 fully saturated rings. The molecule has 1 aromatic heterocycles. The molecule has 0 amide bonds. The van der Waals surface area contributed by atoms with Gasteiger partial charge in [0, 0.05) is 15.4 Å². The molecule has 0 saturated heterocycles. The molecule has 24 heavy (non-hydrogen) atoms. The normalized spacial score (nSPS) is 10.9. The van der Waals surface area contributed by atoms with E-state index in [4.69, 9.17) is 0 Å². The first-order chi connectivity index (χ1) is 11.7. The van der Waals surface area contributed by atoms with E-state index in [2.05, 4.69) is 21.0 Å². The Labute approximate surface area is 147 Å². The maximum absolute atomic E-state index is 12.9. The van der Waals surface area contributed by atoms with E-state index in [0.717, 1.165) is 26.8 Å². The summed E-state index contributed by atoms with van der Waals surface area (Å²) in [5.41, 5.74) is 2.41.